The van der Waals surface area contributed by atoms with Crippen LogP contribution in [-0.2, 0) is 5.41 Å². The first-order valence-corrected chi connectivity index (χ1v) is 56.8. The predicted molar refractivity (Wildman–Crippen MR) is 469 cm³/mol. The van der Waals surface area contributed by atoms with Crippen LogP contribution >= 0.6 is 0 Å². The second-order valence-corrected chi connectivity index (χ2v) is 66.4. The fourth-order valence-corrected chi connectivity index (χ4v) is 18.7. The SMILES string of the molecule is C1CCCCC1.CC.CC(C)(C)C.CC(C)(C)C1CC1.CC(C)(C)C1CCC1.CC(C)(C)C1CCCC1.CC(C)(C)C1CCCCC1.CC(C)(C)c1ccccc1.CC(C)C.C[Si](C)(C)C.C[Si](C)(C)C1CC1.C[Si](C)(C)C1CCC1.C[Si](C)(C)C1CCCC1.Cc1ccccc1. The van der Waals surface area contributed by atoms with Gasteiger partial charge in [-0.3, -0.25) is 0 Å². The molecular formula is C93H190Si4. The second kappa shape index (κ2) is 51.5. The molecule has 0 spiro atoms. The Morgan fingerprint density at radius 1 is 0.278 bits per heavy atom. The van der Waals surface area contributed by atoms with Gasteiger partial charge in [-0.1, -0.05) is 452 Å². The third kappa shape index (κ3) is 69.4. The Morgan fingerprint density at radius 3 is 0.577 bits per heavy atom. The Morgan fingerprint density at radius 2 is 0.464 bits per heavy atom. The normalized spacial score (nSPS) is 18.7. The van der Waals surface area contributed by atoms with E-state index in [1.807, 2.05) is 32.0 Å². The summed E-state index contributed by atoms with van der Waals surface area (Å²) in [5, 5.41) is 0. The van der Waals surface area contributed by atoms with Crippen molar-refractivity contribution in [2.75, 3.05) is 0 Å². The van der Waals surface area contributed by atoms with Gasteiger partial charge in [0.1, 0.15) is 0 Å². The second-order valence-electron chi connectivity index (χ2n) is 43.8. The van der Waals surface area contributed by atoms with Crippen molar-refractivity contribution >= 4 is 32.3 Å². The van der Waals surface area contributed by atoms with Gasteiger partial charge in [0.25, 0.3) is 0 Å². The zero-order valence-electron chi connectivity index (χ0n) is 74.9. The Balaban J connectivity index is -0.000000485. The minimum Gasteiger partial charge on any atom is -0.0697 e. The summed E-state index contributed by atoms with van der Waals surface area (Å²) in [6.07, 6.45) is 43.4. The van der Waals surface area contributed by atoms with Gasteiger partial charge < -0.3 is 0 Å². The van der Waals surface area contributed by atoms with Crippen LogP contribution in [0.5, 0.6) is 0 Å². The Kier molecular flexibility index (Phi) is 54.5. The van der Waals surface area contributed by atoms with Gasteiger partial charge in [-0.15, -0.1) is 0 Å². The van der Waals surface area contributed by atoms with Crippen molar-refractivity contribution in [3.8, 4) is 0 Å². The maximum atomic E-state index is 2.50. The third-order valence-corrected chi connectivity index (χ3v) is 29.4. The van der Waals surface area contributed by atoms with Crippen LogP contribution in [-0.4, -0.2) is 32.3 Å². The fourth-order valence-electron chi connectivity index (χ4n) is 12.5. The molecule has 4 heteroatoms. The average molecular weight is 1420 g/mol. The Labute approximate surface area is 623 Å². The molecule has 0 radical (unpaired) electrons. The van der Waals surface area contributed by atoms with Crippen molar-refractivity contribution in [2.24, 2.45) is 56.7 Å². The van der Waals surface area contributed by atoms with E-state index in [1.165, 1.54) is 208 Å². The Bertz CT molecular complexity index is 1900. The van der Waals surface area contributed by atoms with Crippen LogP contribution in [0, 0.1) is 63.6 Å². The van der Waals surface area contributed by atoms with E-state index >= 15 is 0 Å². The molecule has 0 N–H and O–H groups in total. The van der Waals surface area contributed by atoms with Crippen molar-refractivity contribution in [2.45, 2.75) is 466 Å². The molecule has 0 unspecified atom stereocenters. The van der Waals surface area contributed by atoms with Gasteiger partial charge in [0.15, 0.2) is 0 Å². The van der Waals surface area contributed by atoms with Crippen molar-refractivity contribution in [3.05, 3.63) is 71.8 Å². The molecule has 0 saturated heterocycles. The van der Waals surface area contributed by atoms with Crippen LogP contribution in [0.15, 0.2) is 60.7 Å². The topological polar surface area (TPSA) is 0 Å². The van der Waals surface area contributed by atoms with E-state index in [1.54, 1.807) is 0 Å². The summed E-state index contributed by atoms with van der Waals surface area (Å²) in [5.41, 5.74) is 9.38. The molecule has 8 fully saturated rings. The molecule has 8 saturated carbocycles. The van der Waals surface area contributed by atoms with Crippen molar-refractivity contribution in [1.29, 1.82) is 0 Å². The van der Waals surface area contributed by atoms with E-state index in [9.17, 15) is 0 Å². The molecular weight excluding hydrogens is 1230 g/mol. The number of hydrogen-bond donors (Lipinski definition) is 0. The van der Waals surface area contributed by atoms with E-state index in [2.05, 4.69) is 287 Å². The largest absolute Gasteiger partial charge is 0.0697 e. The minimum atomic E-state index is -0.724. The average Bonchev–Trinajstić information content (AvgIpc) is 1.76. The molecule has 10 rings (SSSR count). The molecule has 0 amide bonds. The molecule has 0 aliphatic heterocycles. The summed E-state index contributed by atoms with van der Waals surface area (Å²) in [5.74, 6) is 4.92. The smallest absolute Gasteiger partial charge is 0.0473 e. The maximum Gasteiger partial charge on any atom is 0.0473 e. The van der Waals surface area contributed by atoms with Gasteiger partial charge in [-0.25, -0.2) is 0 Å². The highest BCUT2D eigenvalue weighted by Gasteiger charge is 2.36. The lowest BCUT2D eigenvalue weighted by atomic mass is 9.69. The lowest BCUT2D eigenvalue weighted by molar-refractivity contribution is 0.141. The molecule has 0 atom stereocenters. The lowest BCUT2D eigenvalue weighted by Gasteiger charge is -2.37. The predicted octanol–water partition coefficient (Wildman–Crippen LogP) is 34.8. The van der Waals surface area contributed by atoms with Crippen LogP contribution < -0.4 is 0 Å². The van der Waals surface area contributed by atoms with Crippen molar-refractivity contribution in [1.82, 2.24) is 0 Å². The number of aryl methyl sites for hydroxylation is 1. The zero-order chi connectivity index (χ0) is 76.4. The first-order valence-electron chi connectivity index (χ1n) is 42.0. The summed E-state index contributed by atoms with van der Waals surface area (Å²) < 4.78 is 0. The van der Waals surface area contributed by atoms with Gasteiger partial charge in [-0.2, -0.15) is 0 Å². The molecule has 578 valence electrons. The highest BCUT2D eigenvalue weighted by atomic mass is 28.3. The number of benzene rings is 2. The van der Waals surface area contributed by atoms with E-state index in [-0.39, 0.29) is 0 Å². The molecule has 0 bridgehead atoms. The van der Waals surface area contributed by atoms with Crippen LogP contribution in [0.3, 0.4) is 0 Å². The standard InChI is InChI=1S/C10H20.C10H14.C9H18.C8H18Si.C8H16.C7H16Si.C7H14.C7H8.C6H14Si.C6H12.C5H12.C4H12Si.C4H10.C2H6/c2*1-10(2,3)9-7-5-4-6-8-9;2*1-9(2,3)8-6-4-5-7-8;2*1-8(2,3)7-5-4-6-7;1-7(2,3)6-4-5-6;1-7-5-3-2-4-6-7;1-7(2,3)6-4-5-6;1-2-4-6-5-3-1;2*1-5(2,3)4;1-4(2)3;1-2/h9H,4-8H2,1-3H3;4-8H,1-3H3;2*8H,4-7H2,1-3H3;2*7H,4-6H2,1-3H3;6H,4-5H2,1-3H3;2-6H,1H3;6H,4-5H2,1-3H3;1-6H2;2*1-4H3;4H,1-3H3;1-2H3. The van der Waals surface area contributed by atoms with E-state index in [0.717, 1.165) is 35.1 Å². The van der Waals surface area contributed by atoms with E-state index in [4.69, 9.17) is 0 Å². The van der Waals surface area contributed by atoms with E-state index < -0.39 is 32.3 Å². The molecule has 0 aromatic heterocycles. The molecule has 8 aliphatic carbocycles. The van der Waals surface area contributed by atoms with Gasteiger partial charge in [0.2, 0.25) is 0 Å². The summed E-state index contributed by atoms with van der Waals surface area (Å²) in [4.78, 5) is 0. The van der Waals surface area contributed by atoms with Gasteiger partial charge in [-0.05, 0) is 143 Å². The molecule has 8 aliphatic rings. The van der Waals surface area contributed by atoms with Crippen LogP contribution in [0.25, 0.3) is 0 Å². The van der Waals surface area contributed by atoms with E-state index in [0.29, 0.717) is 32.5 Å². The highest BCUT2D eigenvalue weighted by molar-refractivity contribution is 6.78. The molecule has 97 heavy (non-hydrogen) atoms. The molecule has 2 aromatic rings. The van der Waals surface area contributed by atoms with Crippen molar-refractivity contribution < 1.29 is 0 Å². The number of rotatable bonds is 3. The first-order chi connectivity index (χ1) is 44.0. The maximum absolute atomic E-state index is 2.50. The highest BCUT2D eigenvalue weighted by Crippen LogP contribution is 2.46. The summed E-state index contributed by atoms with van der Waals surface area (Å²) in [6, 6.07) is 20.8. The van der Waals surface area contributed by atoms with Crippen LogP contribution in [0.2, 0.25) is 102 Å². The monoisotopic (exact) mass is 1420 g/mol. The van der Waals surface area contributed by atoms with Gasteiger partial charge in [0.05, 0.1) is 0 Å². The first kappa shape index (κ1) is 103. The van der Waals surface area contributed by atoms with Crippen LogP contribution in [0.1, 0.15) is 364 Å². The number of hydrogen-bond acceptors (Lipinski definition) is 0. The molecule has 0 nitrogen and oxygen atoms in total. The summed E-state index contributed by atoms with van der Waals surface area (Å²) >= 11 is 0. The fraction of sp³-hybridized carbons (Fsp3) is 0.871. The Hall–Kier alpha value is -0.692. The third-order valence-electron chi connectivity index (χ3n) is 20.3. The van der Waals surface area contributed by atoms with Gasteiger partial charge >= 0.3 is 0 Å². The summed E-state index contributed by atoms with van der Waals surface area (Å²) in [7, 11) is -2.63. The van der Waals surface area contributed by atoms with Gasteiger partial charge in [0, 0.05) is 32.3 Å². The molecule has 0 heterocycles. The minimum absolute atomic E-state index is 0.293. The van der Waals surface area contributed by atoms with Crippen molar-refractivity contribution in [3.63, 3.8) is 0 Å². The quantitative estimate of drug-likeness (QED) is 0.269. The van der Waals surface area contributed by atoms with Crippen LogP contribution in [0.4, 0.5) is 0 Å². The zero-order valence-corrected chi connectivity index (χ0v) is 78.9. The lowest BCUT2D eigenvalue weighted by Crippen LogP contribution is -2.32. The summed E-state index contributed by atoms with van der Waals surface area (Å²) in [6.45, 7) is 87.9. The molecule has 2 aromatic carbocycles.